The van der Waals surface area contributed by atoms with Crippen LogP contribution in [0.3, 0.4) is 0 Å². The van der Waals surface area contributed by atoms with Crippen LogP contribution >= 0.6 is 0 Å². The number of benzene rings is 1. The summed E-state index contributed by atoms with van der Waals surface area (Å²) in [5.41, 5.74) is 1.59. The van der Waals surface area contributed by atoms with Crippen molar-refractivity contribution in [2.75, 3.05) is 6.54 Å². The highest BCUT2D eigenvalue weighted by Gasteiger charge is 2.40. The molecule has 1 aliphatic heterocycles. The highest BCUT2D eigenvalue weighted by molar-refractivity contribution is 5.99. The lowest BCUT2D eigenvalue weighted by atomic mass is 9.61. The Morgan fingerprint density at radius 1 is 1.08 bits per heavy atom. The quantitative estimate of drug-likeness (QED) is 0.643. The third kappa shape index (κ3) is 3.38. The van der Waals surface area contributed by atoms with Crippen LogP contribution < -0.4 is 10.1 Å². The molecule has 4 nitrogen and oxygen atoms in total. The number of fused-ring (bicyclic) bond motifs is 1. The summed E-state index contributed by atoms with van der Waals surface area (Å²) in [6.45, 7) is 0.758. The maximum absolute atomic E-state index is 12.9. The van der Waals surface area contributed by atoms with Crippen LogP contribution in [0.4, 0.5) is 0 Å². The predicted molar refractivity (Wildman–Crippen MR) is 100 cm³/mol. The summed E-state index contributed by atoms with van der Waals surface area (Å²) in [7, 11) is 0. The second-order valence-corrected chi connectivity index (χ2v) is 8.39. The highest BCUT2D eigenvalue weighted by atomic mass is 16.5. The van der Waals surface area contributed by atoms with Gasteiger partial charge in [0.1, 0.15) is 5.75 Å². The molecule has 3 aliphatic rings. The molecule has 0 radical (unpaired) electrons. The molecule has 0 atom stereocenters. The van der Waals surface area contributed by atoms with E-state index < -0.39 is 0 Å². The van der Waals surface area contributed by atoms with Crippen LogP contribution in [0.25, 0.3) is 0 Å². The van der Waals surface area contributed by atoms with Gasteiger partial charge in [0.05, 0.1) is 12.0 Å². The van der Waals surface area contributed by atoms with Gasteiger partial charge in [-0.05, 0) is 43.1 Å². The molecule has 0 spiro atoms. The average molecular weight is 355 g/mol. The number of rotatable bonds is 4. The van der Waals surface area contributed by atoms with E-state index in [1.165, 1.54) is 64.2 Å². The monoisotopic (exact) mass is 355 g/mol. The summed E-state index contributed by atoms with van der Waals surface area (Å²) >= 11 is 0. The van der Waals surface area contributed by atoms with Crippen LogP contribution in [0, 0.1) is 11.3 Å². The number of ether oxygens (including phenoxy) is 1. The molecule has 2 aliphatic carbocycles. The van der Waals surface area contributed by atoms with Crippen LogP contribution in [0.1, 0.15) is 80.1 Å². The Labute approximate surface area is 155 Å². The molecule has 1 aromatic carbocycles. The number of carbonyl (C=O) groups excluding carboxylic acids is 2. The largest absolute Gasteiger partial charge is 0.425 e. The van der Waals surface area contributed by atoms with Crippen LogP contribution in [0.2, 0.25) is 0 Å². The van der Waals surface area contributed by atoms with Crippen molar-refractivity contribution >= 4 is 11.9 Å². The van der Waals surface area contributed by atoms with Gasteiger partial charge in [0, 0.05) is 12.1 Å². The van der Waals surface area contributed by atoms with Crippen LogP contribution in [0.15, 0.2) is 18.2 Å². The molecule has 2 fully saturated rings. The molecule has 0 aromatic heterocycles. The lowest BCUT2D eigenvalue weighted by Crippen LogP contribution is -2.44. The molecular weight excluding hydrogens is 326 g/mol. The van der Waals surface area contributed by atoms with Crippen molar-refractivity contribution in [1.82, 2.24) is 5.32 Å². The fourth-order valence-electron chi connectivity index (χ4n) is 5.38. The molecule has 1 heterocycles. The fourth-order valence-corrected chi connectivity index (χ4v) is 5.38. The van der Waals surface area contributed by atoms with Gasteiger partial charge < -0.3 is 10.1 Å². The molecule has 0 bridgehead atoms. The first kappa shape index (κ1) is 17.6. The third-order valence-electron chi connectivity index (χ3n) is 6.81. The van der Waals surface area contributed by atoms with Crippen molar-refractivity contribution in [2.45, 2.75) is 70.6 Å². The third-order valence-corrected chi connectivity index (χ3v) is 6.81. The van der Waals surface area contributed by atoms with Crippen molar-refractivity contribution in [3.8, 4) is 5.75 Å². The van der Waals surface area contributed by atoms with Gasteiger partial charge in [-0.15, -0.1) is 0 Å². The molecule has 1 amide bonds. The van der Waals surface area contributed by atoms with E-state index in [9.17, 15) is 9.59 Å². The first-order chi connectivity index (χ1) is 12.7. The molecular formula is C22H29NO3. The van der Waals surface area contributed by atoms with E-state index in [2.05, 4.69) is 5.32 Å². The van der Waals surface area contributed by atoms with E-state index in [1.54, 1.807) is 6.07 Å². The highest BCUT2D eigenvalue weighted by Crippen LogP contribution is 2.48. The second-order valence-electron chi connectivity index (χ2n) is 8.39. The maximum Gasteiger partial charge on any atom is 0.315 e. The maximum atomic E-state index is 12.9. The lowest BCUT2D eigenvalue weighted by Gasteiger charge is -2.45. The normalized spacial score (nSPS) is 22.5. The average Bonchev–Trinajstić information content (AvgIpc) is 3.07. The van der Waals surface area contributed by atoms with Gasteiger partial charge in [0.15, 0.2) is 0 Å². The van der Waals surface area contributed by atoms with E-state index in [-0.39, 0.29) is 23.7 Å². The minimum atomic E-state index is -0.272. The molecule has 26 heavy (non-hydrogen) atoms. The summed E-state index contributed by atoms with van der Waals surface area (Å²) < 4.78 is 5.29. The Morgan fingerprint density at radius 3 is 2.58 bits per heavy atom. The van der Waals surface area contributed by atoms with E-state index >= 15 is 0 Å². The summed E-state index contributed by atoms with van der Waals surface area (Å²) in [6, 6.07) is 5.47. The Morgan fingerprint density at radius 2 is 1.81 bits per heavy atom. The number of hydrogen-bond acceptors (Lipinski definition) is 3. The van der Waals surface area contributed by atoms with Gasteiger partial charge in [-0.1, -0.05) is 50.7 Å². The number of esters is 1. The van der Waals surface area contributed by atoms with Gasteiger partial charge in [0.2, 0.25) is 0 Å². The predicted octanol–water partition coefficient (Wildman–Crippen LogP) is 4.41. The number of hydrogen-bond donors (Lipinski definition) is 1. The molecule has 0 unspecified atom stereocenters. The molecule has 4 rings (SSSR count). The minimum Gasteiger partial charge on any atom is -0.425 e. The zero-order valence-corrected chi connectivity index (χ0v) is 15.5. The van der Waals surface area contributed by atoms with Gasteiger partial charge in [-0.25, -0.2) is 0 Å². The van der Waals surface area contributed by atoms with Crippen molar-refractivity contribution < 1.29 is 14.3 Å². The van der Waals surface area contributed by atoms with Gasteiger partial charge >= 0.3 is 5.97 Å². The summed E-state index contributed by atoms with van der Waals surface area (Å²) in [5, 5.41) is 3.22. The Kier molecular flexibility index (Phi) is 5.01. The van der Waals surface area contributed by atoms with E-state index in [0.717, 1.165) is 18.0 Å². The molecule has 1 N–H and O–H groups in total. The first-order valence-corrected chi connectivity index (χ1v) is 10.3. The standard InChI is InChI=1S/C22H29NO3/c24-19-14-16-8-7-11-18(20(16)26-19)21(25)23-15-22(12-5-2-6-13-22)17-9-3-1-4-10-17/h7-8,11,17H,1-6,9-10,12-15H2,(H,23,25). The molecule has 1 aromatic rings. The SMILES string of the molecule is O=C1Cc2cccc(C(=O)NCC3(C4CCCCC4)CCCCC3)c2O1. The lowest BCUT2D eigenvalue weighted by molar-refractivity contribution is -0.131. The number of amides is 1. The van der Waals surface area contributed by atoms with Crippen molar-refractivity contribution in [1.29, 1.82) is 0 Å². The molecule has 2 saturated carbocycles. The summed E-state index contributed by atoms with van der Waals surface area (Å²) in [5.74, 6) is 0.838. The van der Waals surface area contributed by atoms with Gasteiger partial charge in [-0.2, -0.15) is 0 Å². The first-order valence-electron chi connectivity index (χ1n) is 10.3. The van der Waals surface area contributed by atoms with E-state index in [0.29, 0.717) is 11.3 Å². The Balaban J connectivity index is 1.49. The minimum absolute atomic E-state index is 0.0997. The molecule has 0 saturated heterocycles. The van der Waals surface area contributed by atoms with Crippen molar-refractivity contribution in [3.05, 3.63) is 29.3 Å². The summed E-state index contributed by atoms with van der Waals surface area (Å²) in [4.78, 5) is 24.5. The van der Waals surface area contributed by atoms with E-state index in [4.69, 9.17) is 4.74 Å². The van der Waals surface area contributed by atoms with Crippen LogP contribution in [-0.2, 0) is 11.2 Å². The number of carbonyl (C=O) groups is 2. The number of para-hydroxylation sites is 1. The fraction of sp³-hybridized carbons (Fsp3) is 0.636. The Hall–Kier alpha value is -1.84. The van der Waals surface area contributed by atoms with Gasteiger partial charge in [0.25, 0.3) is 5.91 Å². The second kappa shape index (κ2) is 7.42. The van der Waals surface area contributed by atoms with Crippen molar-refractivity contribution in [3.63, 3.8) is 0 Å². The van der Waals surface area contributed by atoms with Crippen LogP contribution in [0.5, 0.6) is 5.75 Å². The smallest absolute Gasteiger partial charge is 0.315 e. The van der Waals surface area contributed by atoms with E-state index in [1.807, 2.05) is 12.1 Å². The zero-order valence-electron chi connectivity index (χ0n) is 15.5. The van der Waals surface area contributed by atoms with Crippen LogP contribution in [-0.4, -0.2) is 18.4 Å². The summed E-state index contributed by atoms with van der Waals surface area (Å²) in [6.07, 6.45) is 13.3. The van der Waals surface area contributed by atoms with Gasteiger partial charge in [-0.3, -0.25) is 9.59 Å². The molecule has 140 valence electrons. The zero-order chi connectivity index (χ0) is 18.0. The topological polar surface area (TPSA) is 55.4 Å². The van der Waals surface area contributed by atoms with Crippen molar-refractivity contribution in [2.24, 2.45) is 11.3 Å². The Bertz CT molecular complexity index is 685. The number of nitrogens with one attached hydrogen (secondary N) is 1. The molecule has 4 heteroatoms.